The van der Waals surface area contributed by atoms with Crippen LogP contribution in [0.25, 0.3) is 6.08 Å². The quantitative estimate of drug-likeness (QED) is 0.303. The lowest BCUT2D eigenvalue weighted by molar-refractivity contribution is 0.121. The second-order valence-electron chi connectivity index (χ2n) is 11.3. The summed E-state index contributed by atoms with van der Waals surface area (Å²) in [7, 11) is 1.76. The molecule has 3 atom stereocenters. The van der Waals surface area contributed by atoms with Crippen molar-refractivity contribution >= 4 is 6.08 Å². The van der Waals surface area contributed by atoms with E-state index in [2.05, 4.69) is 67.5 Å². The molecule has 0 bridgehead atoms. The maximum absolute atomic E-state index is 6.62. The van der Waals surface area contributed by atoms with E-state index in [9.17, 15) is 0 Å². The summed E-state index contributed by atoms with van der Waals surface area (Å²) >= 11 is 0. The van der Waals surface area contributed by atoms with Gasteiger partial charge in [0.1, 0.15) is 17.1 Å². The van der Waals surface area contributed by atoms with Gasteiger partial charge in [0.15, 0.2) is 0 Å². The van der Waals surface area contributed by atoms with E-state index in [1.165, 1.54) is 73.6 Å². The molecule has 0 amide bonds. The van der Waals surface area contributed by atoms with Crippen molar-refractivity contribution < 1.29 is 9.47 Å². The minimum Gasteiger partial charge on any atom is -0.496 e. The second kappa shape index (κ2) is 12.1. The van der Waals surface area contributed by atoms with Crippen LogP contribution < -0.4 is 9.47 Å². The smallest absolute Gasteiger partial charge is 0.131 e. The topological polar surface area (TPSA) is 18.5 Å². The number of benzene rings is 1. The van der Waals surface area contributed by atoms with Crippen molar-refractivity contribution in [2.45, 2.75) is 119 Å². The highest BCUT2D eigenvalue weighted by Gasteiger charge is 2.30. The standard InChI is InChI=1S/C30H50O2/c1-21(2)13-10-14-22(3)15-11-16-23(4)17-12-19-30(8)20-18-27-26(7)28(31-9)24(5)25(6)29(27)32-30/h18,20-23H,10-17,19H2,1-9H3/t22-,23-,30-/m1/s1. The van der Waals surface area contributed by atoms with Crippen LogP contribution in [0.1, 0.15) is 115 Å². The Hall–Kier alpha value is -1.44. The Bertz CT molecular complexity index is 761. The maximum Gasteiger partial charge on any atom is 0.131 e. The highest BCUT2D eigenvalue weighted by molar-refractivity contribution is 5.71. The summed E-state index contributed by atoms with van der Waals surface area (Å²) in [5.41, 5.74) is 4.53. The first-order valence-electron chi connectivity index (χ1n) is 13.1. The molecule has 0 fully saturated rings. The van der Waals surface area contributed by atoms with Gasteiger partial charge in [0.2, 0.25) is 0 Å². The van der Waals surface area contributed by atoms with Gasteiger partial charge in [0.25, 0.3) is 0 Å². The first kappa shape index (κ1) is 26.8. The van der Waals surface area contributed by atoms with Crippen LogP contribution in [0.5, 0.6) is 11.5 Å². The van der Waals surface area contributed by atoms with Crippen molar-refractivity contribution in [1.29, 1.82) is 0 Å². The van der Waals surface area contributed by atoms with Crippen LogP contribution in [0, 0.1) is 38.5 Å². The molecule has 1 aliphatic heterocycles. The molecule has 2 rings (SSSR count). The highest BCUT2D eigenvalue weighted by Crippen LogP contribution is 2.43. The van der Waals surface area contributed by atoms with E-state index in [1.54, 1.807) is 7.11 Å². The number of rotatable bonds is 13. The van der Waals surface area contributed by atoms with Crippen LogP contribution in [-0.4, -0.2) is 12.7 Å². The fourth-order valence-electron chi connectivity index (χ4n) is 5.20. The van der Waals surface area contributed by atoms with Crippen molar-refractivity contribution in [3.8, 4) is 11.5 Å². The summed E-state index contributed by atoms with van der Waals surface area (Å²) in [6, 6.07) is 0. The number of methoxy groups -OCH3 is 1. The molecule has 0 aromatic heterocycles. The molecule has 0 aliphatic carbocycles. The molecule has 182 valence electrons. The summed E-state index contributed by atoms with van der Waals surface area (Å²) in [6.07, 6.45) is 16.4. The first-order valence-corrected chi connectivity index (χ1v) is 13.1. The summed E-state index contributed by atoms with van der Waals surface area (Å²) in [5, 5.41) is 0. The average molecular weight is 443 g/mol. The number of fused-ring (bicyclic) bond motifs is 1. The Balaban J connectivity index is 1.79. The van der Waals surface area contributed by atoms with Gasteiger partial charge in [-0.15, -0.1) is 0 Å². The lowest BCUT2D eigenvalue weighted by atomic mass is 9.88. The summed E-state index contributed by atoms with van der Waals surface area (Å²) in [5.74, 6) is 4.57. The molecule has 0 N–H and O–H groups in total. The van der Waals surface area contributed by atoms with Gasteiger partial charge in [0, 0.05) is 11.1 Å². The predicted molar refractivity (Wildman–Crippen MR) is 140 cm³/mol. The van der Waals surface area contributed by atoms with E-state index in [-0.39, 0.29) is 5.60 Å². The normalized spacial score (nSPS) is 19.6. The Morgan fingerprint density at radius 2 is 1.38 bits per heavy atom. The Kier molecular flexibility index (Phi) is 10.2. The molecular formula is C30H50O2. The molecule has 1 aromatic rings. The van der Waals surface area contributed by atoms with E-state index < -0.39 is 0 Å². The number of hydrogen-bond donors (Lipinski definition) is 0. The van der Waals surface area contributed by atoms with E-state index in [4.69, 9.17) is 9.47 Å². The Morgan fingerprint density at radius 3 is 1.94 bits per heavy atom. The van der Waals surface area contributed by atoms with Gasteiger partial charge in [-0.3, -0.25) is 0 Å². The molecule has 1 aliphatic rings. The number of hydrogen-bond acceptors (Lipinski definition) is 2. The lowest BCUT2D eigenvalue weighted by Gasteiger charge is -2.34. The van der Waals surface area contributed by atoms with Gasteiger partial charge in [-0.25, -0.2) is 0 Å². The van der Waals surface area contributed by atoms with Gasteiger partial charge < -0.3 is 9.47 Å². The molecule has 0 saturated carbocycles. The van der Waals surface area contributed by atoms with Crippen LogP contribution in [0.15, 0.2) is 6.08 Å². The molecule has 1 aromatic carbocycles. The number of ether oxygens (including phenoxy) is 2. The van der Waals surface area contributed by atoms with Crippen LogP contribution >= 0.6 is 0 Å². The van der Waals surface area contributed by atoms with E-state index in [0.717, 1.165) is 35.7 Å². The zero-order valence-electron chi connectivity index (χ0n) is 22.6. The van der Waals surface area contributed by atoms with Crippen LogP contribution in [0.3, 0.4) is 0 Å². The SMILES string of the molecule is COc1c(C)c(C)c2c(c1C)C=C[C@@](C)(CCC[C@H](C)CCC[C@H](C)CCCC(C)C)O2. The van der Waals surface area contributed by atoms with Crippen molar-refractivity contribution in [3.05, 3.63) is 28.3 Å². The summed E-state index contributed by atoms with van der Waals surface area (Å²) in [6.45, 7) is 18.2. The molecule has 0 spiro atoms. The second-order valence-corrected chi connectivity index (χ2v) is 11.3. The zero-order chi connectivity index (χ0) is 23.9. The third kappa shape index (κ3) is 7.29. The van der Waals surface area contributed by atoms with Crippen LogP contribution in [-0.2, 0) is 0 Å². The molecule has 0 radical (unpaired) electrons. The van der Waals surface area contributed by atoms with Crippen molar-refractivity contribution in [3.63, 3.8) is 0 Å². The van der Waals surface area contributed by atoms with Gasteiger partial charge in [0.05, 0.1) is 7.11 Å². The van der Waals surface area contributed by atoms with Gasteiger partial charge >= 0.3 is 0 Å². The molecule has 2 heteroatoms. The van der Waals surface area contributed by atoms with Crippen molar-refractivity contribution in [2.75, 3.05) is 7.11 Å². The van der Waals surface area contributed by atoms with E-state index >= 15 is 0 Å². The molecule has 2 nitrogen and oxygen atoms in total. The van der Waals surface area contributed by atoms with Crippen molar-refractivity contribution in [2.24, 2.45) is 17.8 Å². The van der Waals surface area contributed by atoms with Crippen LogP contribution in [0.4, 0.5) is 0 Å². The molecule has 0 saturated heterocycles. The lowest BCUT2D eigenvalue weighted by Crippen LogP contribution is -2.32. The summed E-state index contributed by atoms with van der Waals surface area (Å²) < 4.78 is 12.3. The molecule has 0 unspecified atom stereocenters. The first-order chi connectivity index (χ1) is 15.1. The van der Waals surface area contributed by atoms with E-state index in [1.807, 2.05) is 0 Å². The van der Waals surface area contributed by atoms with Gasteiger partial charge in [-0.1, -0.05) is 78.7 Å². The van der Waals surface area contributed by atoms with Crippen LogP contribution in [0.2, 0.25) is 0 Å². The van der Waals surface area contributed by atoms with Gasteiger partial charge in [-0.05, 0) is 75.5 Å². The zero-order valence-corrected chi connectivity index (χ0v) is 22.6. The Labute approximate surface area is 199 Å². The average Bonchev–Trinajstić information content (AvgIpc) is 2.72. The predicted octanol–water partition coefficient (Wildman–Crippen LogP) is 9.22. The van der Waals surface area contributed by atoms with Gasteiger partial charge in [-0.2, -0.15) is 0 Å². The molecule has 1 heterocycles. The third-order valence-corrected chi connectivity index (χ3v) is 7.62. The molecular weight excluding hydrogens is 392 g/mol. The summed E-state index contributed by atoms with van der Waals surface area (Å²) in [4.78, 5) is 0. The minimum absolute atomic E-state index is 0.212. The van der Waals surface area contributed by atoms with E-state index in [0.29, 0.717) is 0 Å². The fraction of sp³-hybridized carbons (Fsp3) is 0.733. The Morgan fingerprint density at radius 1 is 0.812 bits per heavy atom. The minimum atomic E-state index is -0.212. The maximum atomic E-state index is 6.62. The largest absolute Gasteiger partial charge is 0.496 e. The van der Waals surface area contributed by atoms with Crippen molar-refractivity contribution in [1.82, 2.24) is 0 Å². The fourth-order valence-corrected chi connectivity index (χ4v) is 5.20. The highest BCUT2D eigenvalue weighted by atomic mass is 16.5. The third-order valence-electron chi connectivity index (χ3n) is 7.62. The molecule has 32 heavy (non-hydrogen) atoms. The monoisotopic (exact) mass is 442 g/mol.